The lowest BCUT2D eigenvalue weighted by molar-refractivity contribution is 0.102. The van der Waals surface area contributed by atoms with Crippen LogP contribution in [0.4, 0.5) is 21.6 Å². The molecule has 0 atom stereocenters. The van der Waals surface area contributed by atoms with E-state index >= 15 is 0 Å². The molecule has 0 radical (unpaired) electrons. The zero-order valence-corrected chi connectivity index (χ0v) is 14.7. The van der Waals surface area contributed by atoms with Crippen LogP contribution in [0.5, 0.6) is 0 Å². The summed E-state index contributed by atoms with van der Waals surface area (Å²) in [6.45, 7) is 2.71. The minimum atomic E-state index is -0.547. The molecule has 0 aliphatic carbocycles. The summed E-state index contributed by atoms with van der Waals surface area (Å²) in [7, 11) is 0. The number of carbonyl (C=O) groups excluding carboxylic acids is 1. The van der Waals surface area contributed by atoms with Gasteiger partial charge in [0.2, 0.25) is 0 Å². The number of aromatic nitrogens is 2. The molecule has 0 saturated heterocycles. The van der Waals surface area contributed by atoms with Gasteiger partial charge in [0.25, 0.3) is 5.91 Å². The minimum absolute atomic E-state index is 0.0642. The molecule has 3 rings (SSSR count). The predicted molar refractivity (Wildman–Crippen MR) is 101 cm³/mol. The molecule has 0 aliphatic rings. The zero-order valence-electron chi connectivity index (χ0n) is 14.0. The van der Waals surface area contributed by atoms with E-state index in [4.69, 9.17) is 11.6 Å². The van der Waals surface area contributed by atoms with E-state index in [2.05, 4.69) is 15.5 Å². The second-order valence-electron chi connectivity index (χ2n) is 5.44. The van der Waals surface area contributed by atoms with E-state index in [0.29, 0.717) is 18.1 Å². The van der Waals surface area contributed by atoms with E-state index in [-0.39, 0.29) is 10.7 Å². The number of nitrogens with zero attached hydrogens (tertiary/aromatic N) is 3. The average Bonchev–Trinajstić information content (AvgIpc) is 2.67. The van der Waals surface area contributed by atoms with Crippen molar-refractivity contribution in [1.82, 2.24) is 10.2 Å². The molecule has 0 saturated carbocycles. The quantitative estimate of drug-likeness (QED) is 0.708. The number of hydrogen-bond donors (Lipinski definition) is 1. The Morgan fingerprint density at radius 2 is 1.88 bits per heavy atom. The zero-order chi connectivity index (χ0) is 18.5. The second kappa shape index (κ2) is 7.93. The highest BCUT2D eigenvalue weighted by molar-refractivity contribution is 6.31. The number of anilines is 3. The van der Waals surface area contributed by atoms with Gasteiger partial charge in [0.05, 0.1) is 5.02 Å². The van der Waals surface area contributed by atoms with Gasteiger partial charge < -0.3 is 10.2 Å². The Morgan fingerprint density at radius 3 is 2.50 bits per heavy atom. The molecule has 1 N–H and O–H groups in total. The van der Waals surface area contributed by atoms with E-state index in [1.807, 2.05) is 42.2 Å². The number of para-hydroxylation sites is 1. The third-order valence-electron chi connectivity index (χ3n) is 3.72. The standard InChI is InChI=1S/C19H16ClFN4O/c1-2-25(14-6-4-3-5-7-14)18-11-10-17(23-24-18)19(26)22-13-8-9-16(21)15(20)12-13/h3-12H,2H2,1H3,(H,22,26). The monoisotopic (exact) mass is 370 g/mol. The van der Waals surface area contributed by atoms with Crippen LogP contribution in [0.1, 0.15) is 17.4 Å². The molecule has 26 heavy (non-hydrogen) atoms. The lowest BCUT2D eigenvalue weighted by atomic mass is 10.2. The first-order chi connectivity index (χ1) is 12.6. The minimum Gasteiger partial charge on any atom is -0.325 e. The molecule has 5 nitrogen and oxygen atoms in total. The third-order valence-corrected chi connectivity index (χ3v) is 4.01. The number of nitrogens with one attached hydrogen (secondary N) is 1. The van der Waals surface area contributed by atoms with Crippen LogP contribution in [0.2, 0.25) is 5.02 Å². The van der Waals surface area contributed by atoms with Crippen LogP contribution in [0.25, 0.3) is 0 Å². The Bertz CT molecular complexity index is 903. The SMILES string of the molecule is CCN(c1ccccc1)c1ccc(C(=O)Nc2ccc(F)c(Cl)c2)nn1. The van der Waals surface area contributed by atoms with Crippen molar-refractivity contribution in [2.45, 2.75) is 6.92 Å². The Labute approximate surface area is 155 Å². The Balaban J connectivity index is 1.76. The van der Waals surface area contributed by atoms with Crippen LogP contribution in [0.3, 0.4) is 0 Å². The molecule has 1 heterocycles. The highest BCUT2D eigenvalue weighted by Gasteiger charge is 2.13. The highest BCUT2D eigenvalue weighted by Crippen LogP contribution is 2.23. The molecule has 1 aromatic heterocycles. The van der Waals surface area contributed by atoms with Gasteiger partial charge in [0.15, 0.2) is 11.5 Å². The van der Waals surface area contributed by atoms with Gasteiger partial charge in [-0.3, -0.25) is 4.79 Å². The largest absolute Gasteiger partial charge is 0.325 e. The normalized spacial score (nSPS) is 10.4. The summed E-state index contributed by atoms with van der Waals surface area (Å²) in [6, 6.07) is 17.1. The van der Waals surface area contributed by atoms with Crippen molar-refractivity contribution in [1.29, 1.82) is 0 Å². The van der Waals surface area contributed by atoms with Crippen molar-refractivity contribution in [2.24, 2.45) is 0 Å². The van der Waals surface area contributed by atoms with Crippen LogP contribution >= 0.6 is 11.6 Å². The van der Waals surface area contributed by atoms with E-state index in [0.717, 1.165) is 5.69 Å². The maximum absolute atomic E-state index is 13.2. The van der Waals surface area contributed by atoms with Crippen molar-refractivity contribution in [3.05, 3.63) is 77.2 Å². The highest BCUT2D eigenvalue weighted by atomic mass is 35.5. The lowest BCUT2D eigenvalue weighted by Gasteiger charge is -2.21. The molecular formula is C19H16ClFN4O. The van der Waals surface area contributed by atoms with Gasteiger partial charge in [0.1, 0.15) is 5.82 Å². The van der Waals surface area contributed by atoms with E-state index in [1.165, 1.54) is 18.2 Å². The predicted octanol–water partition coefficient (Wildman–Crippen LogP) is 4.68. The van der Waals surface area contributed by atoms with Gasteiger partial charge in [-0.05, 0) is 49.4 Å². The van der Waals surface area contributed by atoms with Gasteiger partial charge in [-0.25, -0.2) is 4.39 Å². The molecule has 2 aromatic carbocycles. The summed E-state index contributed by atoms with van der Waals surface area (Å²) in [5, 5.41) is 10.7. The molecule has 1 amide bonds. The summed E-state index contributed by atoms with van der Waals surface area (Å²) in [4.78, 5) is 14.2. The number of hydrogen-bond acceptors (Lipinski definition) is 4. The molecule has 0 bridgehead atoms. The summed E-state index contributed by atoms with van der Waals surface area (Å²) in [6.07, 6.45) is 0. The van der Waals surface area contributed by atoms with Gasteiger partial charge in [-0.2, -0.15) is 0 Å². The molecular weight excluding hydrogens is 355 g/mol. The average molecular weight is 371 g/mol. The number of halogens is 2. The molecule has 0 fully saturated rings. The van der Waals surface area contributed by atoms with E-state index in [1.54, 1.807) is 12.1 Å². The van der Waals surface area contributed by atoms with Crippen LogP contribution in [0, 0.1) is 5.82 Å². The number of rotatable bonds is 5. The molecule has 0 spiro atoms. The van der Waals surface area contributed by atoms with Gasteiger partial charge in [-0.1, -0.05) is 29.8 Å². The molecule has 132 valence electrons. The first-order valence-corrected chi connectivity index (χ1v) is 8.39. The first-order valence-electron chi connectivity index (χ1n) is 8.01. The summed E-state index contributed by atoms with van der Waals surface area (Å²) in [5.41, 5.74) is 1.52. The Kier molecular flexibility index (Phi) is 5.43. The fourth-order valence-corrected chi connectivity index (χ4v) is 2.62. The van der Waals surface area contributed by atoms with Crippen LogP contribution < -0.4 is 10.2 Å². The van der Waals surface area contributed by atoms with Gasteiger partial charge >= 0.3 is 0 Å². The topological polar surface area (TPSA) is 58.1 Å². The summed E-state index contributed by atoms with van der Waals surface area (Å²) < 4.78 is 13.2. The Morgan fingerprint density at radius 1 is 1.12 bits per heavy atom. The van der Waals surface area contributed by atoms with Crippen LogP contribution in [0.15, 0.2) is 60.7 Å². The van der Waals surface area contributed by atoms with Crippen molar-refractivity contribution >= 4 is 34.7 Å². The number of benzene rings is 2. The van der Waals surface area contributed by atoms with Crippen molar-refractivity contribution in [2.75, 3.05) is 16.8 Å². The maximum Gasteiger partial charge on any atom is 0.276 e. The second-order valence-corrected chi connectivity index (χ2v) is 5.85. The van der Waals surface area contributed by atoms with Crippen molar-refractivity contribution in [3.8, 4) is 0 Å². The number of carbonyl (C=O) groups is 1. The van der Waals surface area contributed by atoms with E-state index < -0.39 is 11.7 Å². The summed E-state index contributed by atoms with van der Waals surface area (Å²) >= 11 is 5.71. The number of amides is 1. The van der Waals surface area contributed by atoms with Crippen LogP contribution in [-0.2, 0) is 0 Å². The molecule has 0 aliphatic heterocycles. The smallest absolute Gasteiger partial charge is 0.276 e. The van der Waals surface area contributed by atoms with Crippen LogP contribution in [-0.4, -0.2) is 22.6 Å². The van der Waals surface area contributed by atoms with Gasteiger partial charge in [0, 0.05) is 17.9 Å². The Hall–Kier alpha value is -2.99. The molecule has 3 aromatic rings. The fourth-order valence-electron chi connectivity index (χ4n) is 2.44. The first kappa shape index (κ1) is 17.8. The van der Waals surface area contributed by atoms with Crippen molar-refractivity contribution < 1.29 is 9.18 Å². The lowest BCUT2D eigenvalue weighted by Crippen LogP contribution is -2.19. The molecule has 7 heteroatoms. The summed E-state index contributed by atoms with van der Waals surface area (Å²) in [5.74, 6) is -0.357. The van der Waals surface area contributed by atoms with Gasteiger partial charge in [-0.15, -0.1) is 10.2 Å². The maximum atomic E-state index is 13.2. The fraction of sp³-hybridized carbons (Fsp3) is 0.105. The third kappa shape index (κ3) is 3.97. The van der Waals surface area contributed by atoms with Crippen molar-refractivity contribution in [3.63, 3.8) is 0 Å². The van der Waals surface area contributed by atoms with E-state index in [9.17, 15) is 9.18 Å². The molecule has 0 unspecified atom stereocenters.